The van der Waals surface area contributed by atoms with Crippen LogP contribution in [0.25, 0.3) is 0 Å². The average Bonchev–Trinajstić information content (AvgIpc) is 2.91. The standard InChI is InChI=1S/C17H20FN3O4S/c1-20-11-13(16(19-20)25-2)17(22)21-8-7-15(26(23,24)10-9-21)12-5-3-4-6-14(12)18/h3-6,11,15H,7-10H2,1-2H3. The molecule has 0 spiro atoms. The number of benzene rings is 1. The van der Waals surface area contributed by atoms with Crippen LogP contribution in [0.5, 0.6) is 5.88 Å². The molecule has 0 N–H and O–H groups in total. The van der Waals surface area contributed by atoms with E-state index in [1.807, 2.05) is 0 Å². The fraction of sp³-hybridized carbons (Fsp3) is 0.412. The van der Waals surface area contributed by atoms with E-state index in [0.717, 1.165) is 0 Å². The third-order valence-electron chi connectivity index (χ3n) is 4.50. The molecular weight excluding hydrogens is 361 g/mol. The van der Waals surface area contributed by atoms with Crippen molar-refractivity contribution in [3.63, 3.8) is 0 Å². The van der Waals surface area contributed by atoms with E-state index in [1.165, 1.54) is 41.1 Å². The van der Waals surface area contributed by atoms with Gasteiger partial charge >= 0.3 is 0 Å². The Morgan fingerprint density at radius 2 is 2.04 bits per heavy atom. The third kappa shape index (κ3) is 3.44. The summed E-state index contributed by atoms with van der Waals surface area (Å²) >= 11 is 0. The van der Waals surface area contributed by atoms with Gasteiger partial charge in [0.1, 0.15) is 11.4 Å². The Labute approximate surface area is 151 Å². The number of hydrogen-bond acceptors (Lipinski definition) is 5. The summed E-state index contributed by atoms with van der Waals surface area (Å²) in [5, 5.41) is 3.09. The lowest BCUT2D eigenvalue weighted by atomic mass is 10.1. The number of sulfone groups is 1. The lowest BCUT2D eigenvalue weighted by molar-refractivity contribution is 0.0763. The first kappa shape index (κ1) is 18.4. The van der Waals surface area contributed by atoms with Crippen molar-refractivity contribution in [2.45, 2.75) is 11.7 Å². The predicted octanol–water partition coefficient (Wildman–Crippen LogP) is 1.57. The first-order valence-corrected chi connectivity index (χ1v) is 9.88. The highest BCUT2D eigenvalue weighted by atomic mass is 32.2. The first-order valence-electron chi connectivity index (χ1n) is 8.16. The molecule has 1 aliphatic heterocycles. The Hall–Kier alpha value is -2.42. The second kappa shape index (κ2) is 7.06. The molecule has 2 heterocycles. The van der Waals surface area contributed by atoms with E-state index in [-0.39, 0.29) is 48.2 Å². The van der Waals surface area contributed by atoms with Crippen LogP contribution in [0, 0.1) is 5.82 Å². The van der Waals surface area contributed by atoms with Gasteiger partial charge < -0.3 is 9.64 Å². The summed E-state index contributed by atoms with van der Waals surface area (Å²) in [4.78, 5) is 14.2. The van der Waals surface area contributed by atoms with Crippen LogP contribution in [-0.2, 0) is 16.9 Å². The van der Waals surface area contributed by atoms with E-state index in [9.17, 15) is 17.6 Å². The Kier molecular flexibility index (Phi) is 4.99. The molecule has 140 valence electrons. The lowest BCUT2D eigenvalue weighted by Crippen LogP contribution is -2.33. The second-order valence-electron chi connectivity index (χ2n) is 6.18. The zero-order valence-electron chi connectivity index (χ0n) is 14.6. The fourth-order valence-corrected chi connectivity index (χ4v) is 4.97. The smallest absolute Gasteiger partial charge is 0.261 e. The molecule has 1 aromatic heterocycles. The van der Waals surface area contributed by atoms with Gasteiger partial charge in [0.25, 0.3) is 5.91 Å². The molecule has 1 unspecified atom stereocenters. The van der Waals surface area contributed by atoms with Crippen molar-refractivity contribution in [1.29, 1.82) is 0 Å². The summed E-state index contributed by atoms with van der Waals surface area (Å²) in [7, 11) is -0.497. The zero-order chi connectivity index (χ0) is 18.9. The number of ether oxygens (including phenoxy) is 1. The molecule has 1 fully saturated rings. The van der Waals surface area contributed by atoms with Crippen molar-refractivity contribution in [2.75, 3.05) is 26.0 Å². The van der Waals surface area contributed by atoms with Gasteiger partial charge in [-0.15, -0.1) is 5.10 Å². The highest BCUT2D eigenvalue weighted by molar-refractivity contribution is 7.91. The van der Waals surface area contributed by atoms with Gasteiger partial charge in [-0.1, -0.05) is 18.2 Å². The van der Waals surface area contributed by atoms with Gasteiger partial charge in [0.15, 0.2) is 9.84 Å². The summed E-state index contributed by atoms with van der Waals surface area (Å²) in [6.45, 7) is 0.249. The van der Waals surface area contributed by atoms with Gasteiger partial charge in [-0.2, -0.15) is 0 Å². The summed E-state index contributed by atoms with van der Waals surface area (Å²) in [5.74, 6) is -0.926. The van der Waals surface area contributed by atoms with Crippen LogP contribution in [0.4, 0.5) is 4.39 Å². The fourth-order valence-electron chi connectivity index (χ4n) is 3.17. The molecule has 1 aliphatic rings. The monoisotopic (exact) mass is 381 g/mol. The molecule has 9 heteroatoms. The van der Waals surface area contributed by atoms with E-state index < -0.39 is 20.9 Å². The number of aromatic nitrogens is 2. The predicted molar refractivity (Wildman–Crippen MR) is 93.2 cm³/mol. The van der Waals surface area contributed by atoms with Crippen molar-refractivity contribution < 1.29 is 22.3 Å². The van der Waals surface area contributed by atoms with E-state index in [1.54, 1.807) is 13.1 Å². The SMILES string of the molecule is COc1nn(C)cc1C(=O)N1CCC(c2ccccc2F)S(=O)(=O)CC1. The van der Waals surface area contributed by atoms with Gasteiger partial charge in [-0.3, -0.25) is 9.48 Å². The van der Waals surface area contributed by atoms with Crippen LogP contribution in [-0.4, -0.2) is 55.0 Å². The quantitative estimate of drug-likeness (QED) is 0.806. The molecule has 0 radical (unpaired) electrons. The molecule has 0 saturated carbocycles. The number of carbonyl (C=O) groups is 1. The number of carbonyl (C=O) groups excluding carboxylic acids is 1. The minimum Gasteiger partial charge on any atom is -0.479 e. The third-order valence-corrected chi connectivity index (χ3v) is 6.61. The topological polar surface area (TPSA) is 81.5 Å². The van der Waals surface area contributed by atoms with E-state index >= 15 is 0 Å². The summed E-state index contributed by atoms with van der Waals surface area (Å²) < 4.78 is 46.0. The molecular formula is C17H20FN3O4S. The molecule has 26 heavy (non-hydrogen) atoms. The van der Waals surface area contributed by atoms with Crippen LogP contribution in [0.2, 0.25) is 0 Å². The van der Waals surface area contributed by atoms with Crippen LogP contribution >= 0.6 is 0 Å². The minimum atomic E-state index is -3.58. The highest BCUT2D eigenvalue weighted by Gasteiger charge is 2.35. The Morgan fingerprint density at radius 1 is 1.31 bits per heavy atom. The first-order chi connectivity index (χ1) is 12.3. The second-order valence-corrected chi connectivity index (χ2v) is 8.49. The van der Waals surface area contributed by atoms with Crippen LogP contribution < -0.4 is 4.74 Å². The lowest BCUT2D eigenvalue weighted by Gasteiger charge is -2.19. The molecule has 2 aromatic rings. The molecule has 0 bridgehead atoms. The Morgan fingerprint density at radius 3 is 2.73 bits per heavy atom. The van der Waals surface area contributed by atoms with E-state index in [2.05, 4.69) is 5.10 Å². The summed E-state index contributed by atoms with van der Waals surface area (Å²) in [6.07, 6.45) is 1.67. The van der Waals surface area contributed by atoms with Gasteiger partial charge in [-0.05, 0) is 12.5 Å². The summed E-state index contributed by atoms with van der Waals surface area (Å²) in [6, 6.07) is 5.87. The number of hydrogen-bond donors (Lipinski definition) is 0. The van der Waals surface area contributed by atoms with E-state index in [4.69, 9.17) is 4.74 Å². The van der Waals surface area contributed by atoms with Crippen LogP contribution in [0.3, 0.4) is 0 Å². The minimum absolute atomic E-state index is 0.0458. The normalized spacial score (nSPS) is 19.8. The highest BCUT2D eigenvalue weighted by Crippen LogP contribution is 2.31. The van der Waals surface area contributed by atoms with Crippen molar-refractivity contribution in [2.24, 2.45) is 7.05 Å². The molecule has 0 aliphatic carbocycles. The zero-order valence-corrected chi connectivity index (χ0v) is 15.4. The van der Waals surface area contributed by atoms with Crippen molar-refractivity contribution in [3.05, 3.63) is 47.4 Å². The summed E-state index contributed by atoms with van der Waals surface area (Å²) in [5.41, 5.74) is 0.428. The Balaban J connectivity index is 1.87. The van der Waals surface area contributed by atoms with Gasteiger partial charge in [0.05, 0.1) is 18.1 Å². The van der Waals surface area contributed by atoms with E-state index in [0.29, 0.717) is 0 Å². The van der Waals surface area contributed by atoms with Gasteiger partial charge in [0, 0.05) is 31.9 Å². The average molecular weight is 381 g/mol. The number of halogens is 1. The van der Waals surface area contributed by atoms with Crippen molar-refractivity contribution in [3.8, 4) is 5.88 Å². The van der Waals surface area contributed by atoms with Gasteiger partial charge in [0.2, 0.25) is 5.88 Å². The number of rotatable bonds is 3. The van der Waals surface area contributed by atoms with Crippen molar-refractivity contribution >= 4 is 15.7 Å². The maximum absolute atomic E-state index is 14.1. The molecule has 7 nitrogen and oxygen atoms in total. The molecule has 1 amide bonds. The molecule has 1 atom stereocenters. The van der Waals surface area contributed by atoms with Crippen molar-refractivity contribution in [1.82, 2.24) is 14.7 Å². The maximum Gasteiger partial charge on any atom is 0.261 e. The number of aryl methyl sites for hydroxylation is 1. The number of methoxy groups -OCH3 is 1. The number of amides is 1. The Bertz CT molecular complexity index is 926. The van der Waals surface area contributed by atoms with Crippen LogP contribution in [0.1, 0.15) is 27.6 Å². The molecule has 1 aromatic carbocycles. The molecule has 1 saturated heterocycles. The number of nitrogens with zero attached hydrogens (tertiary/aromatic N) is 3. The van der Waals surface area contributed by atoms with Gasteiger partial charge in [-0.25, -0.2) is 12.8 Å². The maximum atomic E-state index is 14.1. The van der Waals surface area contributed by atoms with Crippen LogP contribution in [0.15, 0.2) is 30.5 Å². The molecule has 3 rings (SSSR count). The largest absolute Gasteiger partial charge is 0.479 e.